The molecule has 0 atom stereocenters. The molecule has 130 valence electrons. The highest BCUT2D eigenvalue weighted by atomic mass is 32.2. The first-order valence-corrected chi connectivity index (χ1v) is 9.86. The van der Waals surface area contributed by atoms with E-state index in [0.717, 1.165) is 22.5 Å². The van der Waals surface area contributed by atoms with Crippen molar-refractivity contribution in [3.05, 3.63) is 78.7 Å². The van der Waals surface area contributed by atoms with Crippen molar-refractivity contribution < 1.29 is 12.8 Å². The first-order valence-electron chi connectivity index (χ1n) is 7.97. The van der Waals surface area contributed by atoms with Crippen molar-refractivity contribution in [1.29, 1.82) is 0 Å². The van der Waals surface area contributed by atoms with Gasteiger partial charge in [0.05, 0.1) is 16.3 Å². The summed E-state index contributed by atoms with van der Waals surface area (Å²) < 4.78 is 38.7. The number of aromatic nitrogens is 2. The van der Waals surface area contributed by atoms with Crippen LogP contribution in [0, 0.1) is 5.82 Å². The Morgan fingerprint density at radius 1 is 0.885 bits per heavy atom. The van der Waals surface area contributed by atoms with Gasteiger partial charge in [-0.25, -0.2) is 17.8 Å². The highest BCUT2D eigenvalue weighted by Gasteiger charge is 2.16. The van der Waals surface area contributed by atoms with Crippen LogP contribution in [0.2, 0.25) is 0 Å². The second-order valence-corrected chi connectivity index (χ2v) is 8.06. The molecule has 0 spiro atoms. The maximum atomic E-state index is 13.3. The van der Waals surface area contributed by atoms with Crippen LogP contribution in [0.25, 0.3) is 28.2 Å². The topological polar surface area (TPSA) is 51.4 Å². The van der Waals surface area contributed by atoms with Crippen LogP contribution in [-0.4, -0.2) is 24.1 Å². The van der Waals surface area contributed by atoms with E-state index in [1.54, 1.807) is 36.4 Å². The molecular formula is C20H15FN2O2S. The van der Waals surface area contributed by atoms with E-state index >= 15 is 0 Å². The van der Waals surface area contributed by atoms with Crippen molar-refractivity contribution in [2.24, 2.45) is 0 Å². The Morgan fingerprint density at radius 3 is 2.19 bits per heavy atom. The van der Waals surface area contributed by atoms with Gasteiger partial charge in [-0.2, -0.15) is 0 Å². The van der Waals surface area contributed by atoms with E-state index in [0.29, 0.717) is 5.69 Å². The molecule has 0 bridgehead atoms. The van der Waals surface area contributed by atoms with Gasteiger partial charge < -0.3 is 0 Å². The maximum Gasteiger partial charge on any atom is 0.175 e. The van der Waals surface area contributed by atoms with E-state index in [1.165, 1.54) is 18.4 Å². The van der Waals surface area contributed by atoms with Gasteiger partial charge in [0.1, 0.15) is 11.5 Å². The van der Waals surface area contributed by atoms with E-state index in [4.69, 9.17) is 0 Å². The zero-order valence-electron chi connectivity index (χ0n) is 13.9. The molecule has 2 aromatic carbocycles. The Hall–Kier alpha value is -2.99. The first kappa shape index (κ1) is 16.5. The fourth-order valence-electron chi connectivity index (χ4n) is 2.94. The summed E-state index contributed by atoms with van der Waals surface area (Å²) >= 11 is 0. The number of sulfone groups is 1. The van der Waals surface area contributed by atoms with Crippen LogP contribution in [0.5, 0.6) is 0 Å². The number of nitrogens with zero attached hydrogens (tertiary/aromatic N) is 2. The minimum Gasteiger partial charge on any atom is -0.299 e. The molecule has 0 aliphatic carbocycles. The van der Waals surface area contributed by atoms with E-state index < -0.39 is 9.84 Å². The van der Waals surface area contributed by atoms with Crippen LogP contribution in [-0.2, 0) is 9.84 Å². The number of hydrogen-bond donors (Lipinski definition) is 0. The standard InChI is InChI=1S/C20H15FN2O2S/c1-26(24,25)17-11-7-15(8-12-17)20-19(14-5-9-16(21)10-6-14)22-18-4-2-3-13-23(18)20/h2-13H,1H3. The van der Waals surface area contributed by atoms with Gasteiger partial charge in [-0.05, 0) is 48.5 Å². The zero-order chi connectivity index (χ0) is 18.3. The molecule has 2 aromatic heterocycles. The maximum absolute atomic E-state index is 13.3. The van der Waals surface area contributed by atoms with Gasteiger partial charge in [0.25, 0.3) is 0 Å². The van der Waals surface area contributed by atoms with E-state index in [-0.39, 0.29) is 10.7 Å². The van der Waals surface area contributed by atoms with Gasteiger partial charge in [0.15, 0.2) is 9.84 Å². The van der Waals surface area contributed by atoms with E-state index in [9.17, 15) is 12.8 Å². The molecular weight excluding hydrogens is 351 g/mol. The smallest absolute Gasteiger partial charge is 0.175 e. The van der Waals surface area contributed by atoms with Crippen molar-refractivity contribution >= 4 is 15.5 Å². The van der Waals surface area contributed by atoms with E-state index in [2.05, 4.69) is 4.98 Å². The third-order valence-electron chi connectivity index (χ3n) is 4.20. The molecule has 26 heavy (non-hydrogen) atoms. The fourth-order valence-corrected chi connectivity index (χ4v) is 3.57. The van der Waals surface area contributed by atoms with E-state index in [1.807, 2.05) is 28.8 Å². The molecule has 0 radical (unpaired) electrons. The lowest BCUT2D eigenvalue weighted by atomic mass is 10.0. The van der Waals surface area contributed by atoms with Crippen LogP contribution < -0.4 is 0 Å². The van der Waals surface area contributed by atoms with Gasteiger partial charge in [0, 0.05) is 23.6 Å². The number of benzene rings is 2. The summed E-state index contributed by atoms with van der Waals surface area (Å²) in [5, 5.41) is 0. The fraction of sp³-hybridized carbons (Fsp3) is 0.0500. The lowest BCUT2D eigenvalue weighted by molar-refractivity contribution is 0.602. The van der Waals surface area contributed by atoms with Gasteiger partial charge in [-0.1, -0.05) is 18.2 Å². The van der Waals surface area contributed by atoms with Crippen molar-refractivity contribution in [2.45, 2.75) is 4.90 Å². The molecule has 0 N–H and O–H groups in total. The summed E-state index contributed by atoms with van der Waals surface area (Å²) in [6.07, 6.45) is 3.08. The number of fused-ring (bicyclic) bond motifs is 1. The third-order valence-corrected chi connectivity index (χ3v) is 5.33. The molecule has 4 rings (SSSR count). The normalized spacial score (nSPS) is 11.8. The summed E-state index contributed by atoms with van der Waals surface area (Å²) in [4.78, 5) is 4.94. The molecule has 0 saturated heterocycles. The van der Waals surface area contributed by atoms with Crippen LogP contribution in [0.3, 0.4) is 0 Å². The molecule has 0 fully saturated rings. The highest BCUT2D eigenvalue weighted by molar-refractivity contribution is 7.90. The second kappa shape index (κ2) is 6.07. The molecule has 6 heteroatoms. The number of hydrogen-bond acceptors (Lipinski definition) is 3. The summed E-state index contributed by atoms with van der Waals surface area (Å²) in [5.41, 5.74) is 3.91. The van der Waals surface area contributed by atoms with Crippen molar-refractivity contribution in [3.8, 4) is 22.5 Å². The number of imidazole rings is 1. The number of halogens is 1. The van der Waals surface area contributed by atoms with Crippen LogP contribution >= 0.6 is 0 Å². The lowest BCUT2D eigenvalue weighted by Gasteiger charge is -2.07. The lowest BCUT2D eigenvalue weighted by Crippen LogP contribution is -1.97. The van der Waals surface area contributed by atoms with Gasteiger partial charge in [-0.3, -0.25) is 4.40 Å². The summed E-state index contributed by atoms with van der Waals surface area (Å²) in [7, 11) is -3.26. The SMILES string of the molecule is CS(=O)(=O)c1ccc(-c2c(-c3ccc(F)cc3)nc3ccccn23)cc1. The van der Waals surface area contributed by atoms with Crippen LogP contribution in [0.4, 0.5) is 4.39 Å². The predicted molar refractivity (Wildman–Crippen MR) is 99.1 cm³/mol. The summed E-state index contributed by atoms with van der Waals surface area (Å²) in [5.74, 6) is -0.309. The molecule has 0 unspecified atom stereocenters. The molecule has 0 amide bonds. The van der Waals surface area contributed by atoms with Crippen LogP contribution in [0.15, 0.2) is 77.8 Å². The first-order chi connectivity index (χ1) is 12.4. The minimum atomic E-state index is -3.26. The number of rotatable bonds is 3. The van der Waals surface area contributed by atoms with Gasteiger partial charge in [0.2, 0.25) is 0 Å². The molecule has 4 nitrogen and oxygen atoms in total. The Bertz CT molecular complexity index is 1200. The quantitative estimate of drug-likeness (QED) is 0.546. The van der Waals surface area contributed by atoms with Crippen molar-refractivity contribution in [2.75, 3.05) is 6.26 Å². The Kier molecular flexibility index (Phi) is 3.85. The predicted octanol–water partition coefficient (Wildman–Crippen LogP) is 4.21. The second-order valence-electron chi connectivity index (χ2n) is 6.04. The minimum absolute atomic E-state index is 0.262. The monoisotopic (exact) mass is 366 g/mol. The average Bonchev–Trinajstić information content (AvgIpc) is 3.01. The molecule has 0 aliphatic heterocycles. The molecule has 0 aliphatic rings. The van der Waals surface area contributed by atoms with Gasteiger partial charge in [-0.15, -0.1) is 0 Å². The summed E-state index contributed by atoms with van der Waals surface area (Å²) in [6.45, 7) is 0. The summed E-state index contributed by atoms with van der Waals surface area (Å²) in [6, 6.07) is 18.6. The third kappa shape index (κ3) is 2.88. The Balaban J connectivity index is 1.96. The van der Waals surface area contributed by atoms with Gasteiger partial charge >= 0.3 is 0 Å². The molecule has 2 heterocycles. The number of pyridine rings is 1. The Labute approximate surface area is 150 Å². The van der Waals surface area contributed by atoms with Crippen LogP contribution in [0.1, 0.15) is 0 Å². The molecule has 4 aromatic rings. The Morgan fingerprint density at radius 2 is 1.54 bits per heavy atom. The van der Waals surface area contributed by atoms with Crippen molar-refractivity contribution in [3.63, 3.8) is 0 Å². The largest absolute Gasteiger partial charge is 0.299 e. The highest BCUT2D eigenvalue weighted by Crippen LogP contribution is 2.33. The van der Waals surface area contributed by atoms with Crippen molar-refractivity contribution in [1.82, 2.24) is 9.38 Å². The average molecular weight is 366 g/mol. The zero-order valence-corrected chi connectivity index (χ0v) is 14.7. The molecule has 0 saturated carbocycles.